The van der Waals surface area contributed by atoms with E-state index in [2.05, 4.69) is 10.6 Å². The summed E-state index contributed by atoms with van der Waals surface area (Å²) in [7, 11) is 0. The summed E-state index contributed by atoms with van der Waals surface area (Å²) in [6, 6.07) is -0.223. The van der Waals surface area contributed by atoms with Crippen LogP contribution in [-0.4, -0.2) is 77.0 Å². The van der Waals surface area contributed by atoms with Crippen LogP contribution in [0.15, 0.2) is 0 Å². The van der Waals surface area contributed by atoms with Gasteiger partial charge in [-0.1, -0.05) is 0 Å². The molecule has 0 aromatic carbocycles. The lowest BCUT2D eigenvalue weighted by Gasteiger charge is -2.33. The molecule has 2 atom stereocenters. The van der Waals surface area contributed by atoms with Crippen molar-refractivity contribution in [3.8, 4) is 0 Å². The van der Waals surface area contributed by atoms with E-state index in [4.69, 9.17) is 5.11 Å². The second kappa shape index (κ2) is 5.55. The highest BCUT2D eigenvalue weighted by Gasteiger charge is 2.37. The highest BCUT2D eigenvalue weighted by atomic mass is 16.4. The fourth-order valence-corrected chi connectivity index (χ4v) is 2.38. The van der Waals surface area contributed by atoms with Crippen LogP contribution >= 0.6 is 0 Å². The number of hydrogen-bond donors (Lipinski definition) is 3. The summed E-state index contributed by atoms with van der Waals surface area (Å²) < 4.78 is 0. The maximum absolute atomic E-state index is 11.3. The average Bonchev–Trinajstić information content (AvgIpc) is 2.69. The molecule has 0 aromatic heterocycles. The molecule has 1 unspecified atom stereocenters. The SMILES string of the molecule is CC(CN1CC(=O)N[C@@H]1C(=O)O)N1CC(=O)NC(=O)C1. The summed E-state index contributed by atoms with van der Waals surface area (Å²) in [6.45, 7) is 2.22. The van der Waals surface area contributed by atoms with Crippen molar-refractivity contribution in [2.45, 2.75) is 19.1 Å². The molecule has 0 bridgehead atoms. The second-order valence-electron chi connectivity index (χ2n) is 4.96. The smallest absolute Gasteiger partial charge is 0.341 e. The molecule has 2 heterocycles. The van der Waals surface area contributed by atoms with Crippen molar-refractivity contribution in [3.05, 3.63) is 0 Å². The lowest BCUT2D eigenvalue weighted by Crippen LogP contribution is -2.57. The zero-order valence-electron chi connectivity index (χ0n) is 11.0. The normalized spacial score (nSPS) is 26.2. The van der Waals surface area contributed by atoms with Crippen LogP contribution in [0.3, 0.4) is 0 Å². The van der Waals surface area contributed by atoms with Crippen molar-refractivity contribution in [3.63, 3.8) is 0 Å². The van der Waals surface area contributed by atoms with Crippen molar-refractivity contribution in [2.24, 2.45) is 0 Å². The van der Waals surface area contributed by atoms with Crippen molar-refractivity contribution in [2.75, 3.05) is 26.2 Å². The fraction of sp³-hybridized carbons (Fsp3) is 0.636. The summed E-state index contributed by atoms with van der Waals surface area (Å²) in [5, 5.41) is 13.6. The molecule has 2 rings (SSSR count). The fourth-order valence-electron chi connectivity index (χ4n) is 2.38. The quantitative estimate of drug-likeness (QED) is 0.476. The summed E-state index contributed by atoms with van der Waals surface area (Å²) in [5.74, 6) is -2.23. The van der Waals surface area contributed by atoms with Crippen LogP contribution in [-0.2, 0) is 19.2 Å². The number of nitrogens with one attached hydrogen (secondary N) is 2. The average molecular weight is 284 g/mol. The van der Waals surface area contributed by atoms with E-state index in [1.54, 1.807) is 11.8 Å². The topological polar surface area (TPSA) is 119 Å². The Morgan fingerprint density at radius 1 is 1.25 bits per heavy atom. The van der Waals surface area contributed by atoms with Crippen molar-refractivity contribution >= 4 is 23.7 Å². The number of hydrogen-bond acceptors (Lipinski definition) is 6. The van der Waals surface area contributed by atoms with Crippen molar-refractivity contribution < 1.29 is 24.3 Å². The van der Waals surface area contributed by atoms with Gasteiger partial charge in [-0.3, -0.25) is 29.5 Å². The first kappa shape index (κ1) is 14.4. The Morgan fingerprint density at radius 2 is 1.85 bits per heavy atom. The van der Waals surface area contributed by atoms with Crippen LogP contribution in [0, 0.1) is 0 Å². The molecular formula is C11H16N4O5. The number of carbonyl (C=O) groups excluding carboxylic acids is 3. The van der Waals surface area contributed by atoms with E-state index in [1.807, 2.05) is 0 Å². The first-order chi connectivity index (χ1) is 9.36. The van der Waals surface area contributed by atoms with Gasteiger partial charge in [-0.05, 0) is 6.92 Å². The number of carbonyl (C=O) groups is 4. The molecule has 3 amide bonds. The third-order valence-electron chi connectivity index (χ3n) is 3.34. The number of carboxylic acids is 1. The molecule has 2 fully saturated rings. The van der Waals surface area contributed by atoms with Gasteiger partial charge in [-0.25, -0.2) is 4.79 Å². The van der Waals surface area contributed by atoms with Crippen molar-refractivity contribution in [1.82, 2.24) is 20.4 Å². The maximum atomic E-state index is 11.3. The molecule has 9 nitrogen and oxygen atoms in total. The molecule has 0 aromatic rings. The Labute approximate surface area is 114 Å². The molecule has 110 valence electrons. The van der Waals surface area contributed by atoms with E-state index in [1.165, 1.54) is 4.90 Å². The molecule has 0 spiro atoms. The van der Waals surface area contributed by atoms with Crippen LogP contribution in [0.4, 0.5) is 0 Å². The van der Waals surface area contributed by atoms with E-state index >= 15 is 0 Å². The number of rotatable bonds is 4. The van der Waals surface area contributed by atoms with Gasteiger partial charge in [0.05, 0.1) is 19.6 Å². The standard InChI is InChI=1S/C11H16N4O5/c1-6(14-3-7(16)12-8(17)4-14)2-15-5-9(18)13-10(15)11(19)20/h6,10H,2-5H2,1H3,(H,13,18)(H,19,20)(H,12,16,17)/t6?,10-/m0/s1. The number of nitrogens with zero attached hydrogens (tertiary/aromatic N) is 2. The van der Waals surface area contributed by atoms with Gasteiger partial charge >= 0.3 is 5.97 Å². The van der Waals surface area contributed by atoms with Gasteiger partial charge in [-0.2, -0.15) is 0 Å². The van der Waals surface area contributed by atoms with E-state index < -0.39 is 12.1 Å². The summed E-state index contributed by atoms with van der Waals surface area (Å²) in [6.07, 6.45) is -1.06. The lowest BCUT2D eigenvalue weighted by molar-refractivity contribution is -0.144. The van der Waals surface area contributed by atoms with Crippen LogP contribution in [0.5, 0.6) is 0 Å². The summed E-state index contributed by atoms with van der Waals surface area (Å²) >= 11 is 0. The Morgan fingerprint density at radius 3 is 2.40 bits per heavy atom. The van der Waals surface area contributed by atoms with Crippen LogP contribution in [0.1, 0.15) is 6.92 Å². The van der Waals surface area contributed by atoms with Crippen molar-refractivity contribution in [1.29, 1.82) is 0 Å². The van der Waals surface area contributed by atoms with Gasteiger partial charge in [0.1, 0.15) is 0 Å². The van der Waals surface area contributed by atoms with Crippen LogP contribution < -0.4 is 10.6 Å². The van der Waals surface area contributed by atoms with E-state index in [9.17, 15) is 19.2 Å². The van der Waals surface area contributed by atoms with Gasteiger partial charge in [0.15, 0.2) is 6.17 Å². The third kappa shape index (κ3) is 3.11. The molecule has 0 aliphatic carbocycles. The Bertz CT molecular complexity index is 450. The molecule has 0 saturated carbocycles. The zero-order valence-corrected chi connectivity index (χ0v) is 11.0. The molecular weight excluding hydrogens is 268 g/mol. The van der Waals surface area contributed by atoms with Gasteiger partial charge in [-0.15, -0.1) is 0 Å². The highest BCUT2D eigenvalue weighted by Crippen LogP contribution is 2.10. The molecule has 3 N–H and O–H groups in total. The van der Waals surface area contributed by atoms with Gasteiger partial charge in [0, 0.05) is 12.6 Å². The number of carboxylic acid groups (broad SMARTS) is 1. The number of imide groups is 1. The van der Waals surface area contributed by atoms with Gasteiger partial charge in [0.25, 0.3) is 0 Å². The Kier molecular flexibility index (Phi) is 4.00. The molecule has 2 aliphatic heterocycles. The summed E-state index contributed by atoms with van der Waals surface area (Å²) in [4.78, 5) is 48.1. The van der Waals surface area contributed by atoms with E-state index in [-0.39, 0.29) is 49.9 Å². The predicted molar refractivity (Wildman–Crippen MR) is 65.3 cm³/mol. The molecule has 2 aliphatic rings. The highest BCUT2D eigenvalue weighted by molar-refractivity contribution is 5.99. The lowest BCUT2D eigenvalue weighted by atomic mass is 10.2. The monoisotopic (exact) mass is 284 g/mol. The minimum atomic E-state index is -1.13. The largest absolute Gasteiger partial charge is 0.479 e. The number of amides is 3. The molecule has 0 radical (unpaired) electrons. The Hall–Kier alpha value is -2.00. The van der Waals surface area contributed by atoms with Crippen LogP contribution in [0.2, 0.25) is 0 Å². The molecule has 9 heteroatoms. The minimum Gasteiger partial charge on any atom is -0.479 e. The van der Waals surface area contributed by atoms with Gasteiger partial charge in [0.2, 0.25) is 17.7 Å². The zero-order chi connectivity index (χ0) is 14.9. The third-order valence-corrected chi connectivity index (χ3v) is 3.34. The minimum absolute atomic E-state index is 0.00467. The Balaban J connectivity index is 1.98. The maximum Gasteiger partial charge on any atom is 0.341 e. The number of piperazine rings is 1. The second-order valence-corrected chi connectivity index (χ2v) is 4.96. The number of aliphatic carboxylic acids is 1. The van der Waals surface area contributed by atoms with Crippen LogP contribution in [0.25, 0.3) is 0 Å². The molecule has 20 heavy (non-hydrogen) atoms. The molecule has 2 saturated heterocycles. The van der Waals surface area contributed by atoms with Gasteiger partial charge < -0.3 is 10.4 Å². The van der Waals surface area contributed by atoms with E-state index in [0.717, 1.165) is 0 Å². The predicted octanol–water partition coefficient (Wildman–Crippen LogP) is -2.82. The van der Waals surface area contributed by atoms with E-state index in [0.29, 0.717) is 0 Å². The first-order valence-electron chi connectivity index (χ1n) is 6.20. The first-order valence-corrected chi connectivity index (χ1v) is 6.20. The summed E-state index contributed by atoms with van der Waals surface area (Å²) in [5.41, 5.74) is 0.